The maximum atomic E-state index is 14.1. The summed E-state index contributed by atoms with van der Waals surface area (Å²) in [4.78, 5) is 29.0. The van der Waals surface area contributed by atoms with Crippen LogP contribution >= 0.6 is 23.2 Å². The summed E-state index contributed by atoms with van der Waals surface area (Å²) in [6, 6.07) is 18.5. The quantitative estimate of drug-likeness (QED) is 0.277. The second-order valence-corrected chi connectivity index (χ2v) is 13.0. The summed E-state index contributed by atoms with van der Waals surface area (Å²) < 4.78 is 34.4. The zero-order valence-electron chi connectivity index (χ0n) is 23.6. The third kappa shape index (κ3) is 7.76. The summed E-state index contributed by atoms with van der Waals surface area (Å²) in [5, 5.41) is 3.90. The molecule has 0 radical (unpaired) electrons. The van der Waals surface area contributed by atoms with Crippen LogP contribution < -0.4 is 14.4 Å². The highest BCUT2D eigenvalue weighted by Gasteiger charge is 2.34. The maximum absolute atomic E-state index is 14.1. The van der Waals surface area contributed by atoms with Crippen molar-refractivity contribution in [2.45, 2.75) is 62.6 Å². The van der Waals surface area contributed by atoms with Crippen LogP contribution in [0.2, 0.25) is 10.0 Å². The average Bonchev–Trinajstić information content (AvgIpc) is 3.00. The number of hydrogen-bond donors (Lipinski definition) is 1. The fourth-order valence-electron chi connectivity index (χ4n) is 5.03. The lowest BCUT2D eigenvalue weighted by molar-refractivity contribution is -0.139. The first-order valence-corrected chi connectivity index (χ1v) is 16.1. The van der Waals surface area contributed by atoms with E-state index in [1.807, 2.05) is 0 Å². The second kappa shape index (κ2) is 14.3. The molecule has 224 valence electrons. The monoisotopic (exact) mass is 631 g/mol. The number of sulfonamides is 1. The number of nitrogens with one attached hydrogen (secondary N) is 1. The predicted octanol–water partition coefficient (Wildman–Crippen LogP) is 6.06. The van der Waals surface area contributed by atoms with Gasteiger partial charge in [-0.2, -0.15) is 0 Å². The topological polar surface area (TPSA) is 96.0 Å². The lowest BCUT2D eigenvalue weighted by atomic mass is 9.95. The Morgan fingerprint density at radius 1 is 0.952 bits per heavy atom. The molecule has 3 aromatic rings. The number of methoxy groups -OCH3 is 1. The minimum absolute atomic E-state index is 0.00725. The van der Waals surface area contributed by atoms with Crippen molar-refractivity contribution in [1.29, 1.82) is 0 Å². The van der Waals surface area contributed by atoms with E-state index in [1.165, 1.54) is 30.2 Å². The van der Waals surface area contributed by atoms with Crippen LogP contribution in [0.3, 0.4) is 0 Å². The molecule has 0 spiro atoms. The minimum Gasteiger partial charge on any atom is -0.495 e. The first kappa shape index (κ1) is 31.7. The Balaban J connectivity index is 1.71. The van der Waals surface area contributed by atoms with E-state index in [9.17, 15) is 18.0 Å². The van der Waals surface area contributed by atoms with Crippen molar-refractivity contribution in [2.75, 3.05) is 18.0 Å². The van der Waals surface area contributed by atoms with Gasteiger partial charge in [-0.25, -0.2) is 8.42 Å². The smallest absolute Gasteiger partial charge is 0.264 e. The molecule has 1 atom stereocenters. The number of amides is 2. The van der Waals surface area contributed by atoms with Gasteiger partial charge in [0.05, 0.1) is 17.7 Å². The number of ether oxygens (including phenoxy) is 1. The molecule has 1 N–H and O–H groups in total. The molecule has 1 fully saturated rings. The molecule has 42 heavy (non-hydrogen) atoms. The van der Waals surface area contributed by atoms with Gasteiger partial charge in [-0.15, -0.1) is 0 Å². The third-order valence-corrected chi connectivity index (χ3v) is 9.67. The normalized spacial score (nSPS) is 14.6. The van der Waals surface area contributed by atoms with E-state index in [1.54, 1.807) is 61.5 Å². The zero-order valence-corrected chi connectivity index (χ0v) is 26.0. The summed E-state index contributed by atoms with van der Waals surface area (Å²) in [7, 11) is -2.84. The van der Waals surface area contributed by atoms with Crippen molar-refractivity contribution in [3.05, 3.63) is 88.4 Å². The third-order valence-electron chi connectivity index (χ3n) is 7.40. The molecule has 0 heterocycles. The van der Waals surface area contributed by atoms with E-state index in [-0.39, 0.29) is 39.8 Å². The van der Waals surface area contributed by atoms with E-state index < -0.39 is 28.5 Å². The van der Waals surface area contributed by atoms with Crippen molar-refractivity contribution >= 4 is 50.7 Å². The lowest BCUT2D eigenvalue weighted by Gasteiger charge is -2.33. The van der Waals surface area contributed by atoms with Gasteiger partial charge in [0.1, 0.15) is 18.3 Å². The van der Waals surface area contributed by atoms with Crippen molar-refractivity contribution < 1.29 is 22.7 Å². The molecule has 1 aliphatic rings. The molecule has 3 aromatic carbocycles. The Hall–Kier alpha value is -3.27. The van der Waals surface area contributed by atoms with E-state index in [0.29, 0.717) is 5.02 Å². The number of halogens is 2. The van der Waals surface area contributed by atoms with Gasteiger partial charge in [0, 0.05) is 22.6 Å². The molecule has 11 heteroatoms. The fourth-order valence-corrected chi connectivity index (χ4v) is 6.76. The van der Waals surface area contributed by atoms with Gasteiger partial charge in [-0.05, 0) is 67.8 Å². The lowest BCUT2D eigenvalue weighted by Crippen LogP contribution is -2.53. The van der Waals surface area contributed by atoms with E-state index in [0.717, 1.165) is 42.0 Å². The maximum Gasteiger partial charge on any atom is 0.264 e. The molecule has 8 nitrogen and oxygen atoms in total. The number of carbonyl (C=O) groups excluding carboxylic acids is 2. The fraction of sp³-hybridized carbons (Fsp3) is 0.355. The van der Waals surface area contributed by atoms with Crippen molar-refractivity contribution in [2.24, 2.45) is 0 Å². The Kier molecular flexibility index (Phi) is 10.8. The van der Waals surface area contributed by atoms with Crippen LogP contribution in [0.5, 0.6) is 5.75 Å². The first-order valence-electron chi connectivity index (χ1n) is 13.9. The largest absolute Gasteiger partial charge is 0.495 e. The molecule has 1 aliphatic carbocycles. The van der Waals surface area contributed by atoms with E-state index in [2.05, 4.69) is 5.32 Å². The van der Waals surface area contributed by atoms with E-state index >= 15 is 0 Å². The molecular formula is C31H35Cl2N3O5S. The highest BCUT2D eigenvalue weighted by molar-refractivity contribution is 7.92. The van der Waals surface area contributed by atoms with Crippen LogP contribution in [-0.4, -0.2) is 50.9 Å². The molecule has 0 unspecified atom stereocenters. The molecule has 4 rings (SSSR count). The Morgan fingerprint density at radius 2 is 1.60 bits per heavy atom. The molecule has 2 amide bonds. The zero-order chi connectivity index (χ0) is 30.3. The van der Waals surface area contributed by atoms with Gasteiger partial charge in [0.25, 0.3) is 10.0 Å². The Bertz CT molecular complexity index is 1480. The summed E-state index contributed by atoms with van der Waals surface area (Å²) in [5.41, 5.74) is 0.843. The number of benzene rings is 3. The van der Waals surface area contributed by atoms with Gasteiger partial charge < -0.3 is 15.0 Å². The van der Waals surface area contributed by atoms with Crippen LogP contribution in [0.4, 0.5) is 5.69 Å². The van der Waals surface area contributed by atoms with Gasteiger partial charge in [-0.1, -0.05) is 72.8 Å². The van der Waals surface area contributed by atoms with Crippen molar-refractivity contribution in [3.8, 4) is 5.75 Å². The van der Waals surface area contributed by atoms with Crippen LogP contribution in [-0.2, 0) is 26.2 Å². The van der Waals surface area contributed by atoms with Crippen LogP contribution in [0.25, 0.3) is 0 Å². The molecule has 1 saturated carbocycles. The van der Waals surface area contributed by atoms with Crippen molar-refractivity contribution in [1.82, 2.24) is 10.2 Å². The van der Waals surface area contributed by atoms with Crippen LogP contribution in [0.1, 0.15) is 44.6 Å². The number of rotatable bonds is 11. The summed E-state index contributed by atoms with van der Waals surface area (Å²) in [5.74, 6) is -0.640. The Morgan fingerprint density at radius 3 is 2.24 bits per heavy atom. The molecule has 0 aliphatic heterocycles. The average molecular weight is 633 g/mol. The van der Waals surface area contributed by atoms with Gasteiger partial charge in [-0.3, -0.25) is 13.9 Å². The molecule has 0 bridgehead atoms. The van der Waals surface area contributed by atoms with Gasteiger partial charge in [0.2, 0.25) is 11.8 Å². The highest BCUT2D eigenvalue weighted by Crippen LogP contribution is 2.35. The van der Waals surface area contributed by atoms with Crippen LogP contribution in [0.15, 0.2) is 77.7 Å². The van der Waals surface area contributed by atoms with Crippen LogP contribution in [0, 0.1) is 0 Å². The Labute approximate surface area is 257 Å². The predicted molar refractivity (Wildman–Crippen MR) is 165 cm³/mol. The highest BCUT2D eigenvalue weighted by atomic mass is 35.5. The van der Waals surface area contributed by atoms with Gasteiger partial charge in [0.15, 0.2) is 0 Å². The summed E-state index contributed by atoms with van der Waals surface area (Å²) in [6.07, 6.45) is 5.01. The first-order chi connectivity index (χ1) is 20.1. The summed E-state index contributed by atoms with van der Waals surface area (Å²) in [6.45, 7) is 1.13. The van der Waals surface area contributed by atoms with Crippen molar-refractivity contribution in [3.63, 3.8) is 0 Å². The molecule has 0 saturated heterocycles. The molecule has 0 aromatic heterocycles. The number of hydrogen-bond acceptors (Lipinski definition) is 5. The summed E-state index contributed by atoms with van der Waals surface area (Å²) >= 11 is 12.4. The number of anilines is 1. The standard InChI is InChI=1S/C31H35Cl2N3O5S/c1-22(31(38)34-26-9-5-3-6-10-26)35(20-23-13-15-24(32)16-14-23)30(37)21-36(28-19-25(33)17-18-29(28)41-2)42(39,40)27-11-7-4-8-12-27/h4,7-8,11-19,22,26H,3,5-6,9-10,20-21H2,1-2H3,(H,34,38)/t22-/m1/s1. The van der Waals surface area contributed by atoms with E-state index in [4.69, 9.17) is 27.9 Å². The van der Waals surface area contributed by atoms with Gasteiger partial charge >= 0.3 is 0 Å². The second-order valence-electron chi connectivity index (χ2n) is 10.3. The number of nitrogens with zero attached hydrogens (tertiary/aromatic N) is 2. The SMILES string of the molecule is COc1ccc(Cl)cc1N(CC(=O)N(Cc1ccc(Cl)cc1)[C@H](C)C(=O)NC1CCCCC1)S(=O)(=O)c1ccccc1. The number of carbonyl (C=O) groups is 2. The minimum atomic E-state index is -4.25. The molecular weight excluding hydrogens is 597 g/mol.